The van der Waals surface area contributed by atoms with Crippen molar-refractivity contribution in [1.29, 1.82) is 0 Å². The molecule has 3 N–H and O–H groups in total. The highest BCUT2D eigenvalue weighted by molar-refractivity contribution is 7.92. The summed E-state index contributed by atoms with van der Waals surface area (Å²) >= 11 is 4.72. The molecular weight excluding hydrogens is 301 g/mol. The van der Waals surface area contributed by atoms with Crippen LogP contribution in [0, 0.1) is 5.82 Å². The number of sulfonamides is 1. The summed E-state index contributed by atoms with van der Waals surface area (Å²) in [4.78, 5) is 3.68. The van der Waals surface area contributed by atoms with Crippen LogP contribution in [0.5, 0.6) is 0 Å². The van der Waals surface area contributed by atoms with Gasteiger partial charge in [-0.2, -0.15) is 0 Å². The summed E-state index contributed by atoms with van der Waals surface area (Å²) < 4.78 is 39.9. The molecule has 0 aliphatic carbocycles. The fourth-order valence-corrected chi connectivity index (χ4v) is 2.62. The van der Waals surface area contributed by atoms with Gasteiger partial charge in [0.05, 0.1) is 5.69 Å². The first-order chi connectivity index (χ1) is 9.40. The lowest BCUT2D eigenvalue weighted by molar-refractivity contribution is 0.598. The van der Waals surface area contributed by atoms with Gasteiger partial charge in [-0.1, -0.05) is 12.2 Å². The van der Waals surface area contributed by atoms with Crippen molar-refractivity contribution in [3.63, 3.8) is 0 Å². The predicted octanol–water partition coefficient (Wildman–Crippen LogP) is 1.66. The fraction of sp³-hybridized carbons (Fsp3) is 0. The summed E-state index contributed by atoms with van der Waals surface area (Å²) in [6, 6.07) is 6.60. The molecule has 20 heavy (non-hydrogen) atoms. The molecular formula is C12H10FN3O2S2. The van der Waals surface area contributed by atoms with Gasteiger partial charge in [0, 0.05) is 18.0 Å². The average molecular weight is 311 g/mol. The minimum Gasteiger partial charge on any atom is -0.389 e. The van der Waals surface area contributed by atoms with E-state index in [-0.39, 0.29) is 15.6 Å². The van der Waals surface area contributed by atoms with Gasteiger partial charge < -0.3 is 5.73 Å². The third kappa shape index (κ3) is 3.09. The highest BCUT2D eigenvalue weighted by atomic mass is 32.2. The van der Waals surface area contributed by atoms with E-state index in [1.165, 1.54) is 36.7 Å². The molecule has 1 heterocycles. The molecule has 0 atom stereocenters. The number of hydrogen-bond acceptors (Lipinski definition) is 4. The Morgan fingerprint density at radius 3 is 2.65 bits per heavy atom. The molecule has 8 heteroatoms. The maximum absolute atomic E-state index is 13.8. The molecule has 5 nitrogen and oxygen atoms in total. The van der Waals surface area contributed by atoms with Crippen LogP contribution in [0.4, 0.5) is 10.1 Å². The van der Waals surface area contributed by atoms with Gasteiger partial charge in [-0.05, 0) is 30.3 Å². The van der Waals surface area contributed by atoms with E-state index in [1.54, 1.807) is 0 Å². The number of thiocarbonyl (C=S) groups is 1. The zero-order chi connectivity index (χ0) is 14.8. The smallest absolute Gasteiger partial charge is 0.263 e. The molecule has 0 aliphatic rings. The van der Waals surface area contributed by atoms with Crippen LogP contribution in [0.15, 0.2) is 47.6 Å². The number of anilines is 1. The van der Waals surface area contributed by atoms with E-state index in [0.717, 1.165) is 6.07 Å². The van der Waals surface area contributed by atoms with Crippen LogP contribution in [0.3, 0.4) is 0 Å². The van der Waals surface area contributed by atoms with Crippen LogP contribution < -0.4 is 10.5 Å². The van der Waals surface area contributed by atoms with E-state index in [9.17, 15) is 12.8 Å². The molecule has 0 bridgehead atoms. The Labute approximate surface area is 120 Å². The maximum atomic E-state index is 13.8. The number of rotatable bonds is 4. The van der Waals surface area contributed by atoms with Crippen LogP contribution >= 0.6 is 12.2 Å². The second kappa shape index (κ2) is 5.51. The lowest BCUT2D eigenvalue weighted by Crippen LogP contribution is -2.15. The zero-order valence-electron chi connectivity index (χ0n) is 10.1. The Bertz CT molecular complexity index is 749. The van der Waals surface area contributed by atoms with Gasteiger partial charge in [0.15, 0.2) is 0 Å². The van der Waals surface area contributed by atoms with Crippen molar-refractivity contribution in [2.24, 2.45) is 5.73 Å². The molecule has 0 fully saturated rings. The minimum atomic E-state index is -3.89. The van der Waals surface area contributed by atoms with Crippen molar-refractivity contribution in [1.82, 2.24) is 4.98 Å². The third-order valence-corrected chi connectivity index (χ3v) is 4.03. The molecule has 2 rings (SSSR count). The molecule has 1 aromatic carbocycles. The largest absolute Gasteiger partial charge is 0.389 e. The fourth-order valence-electron chi connectivity index (χ4n) is 1.46. The molecule has 0 amide bonds. The van der Waals surface area contributed by atoms with Crippen molar-refractivity contribution >= 4 is 32.9 Å². The van der Waals surface area contributed by atoms with Gasteiger partial charge in [-0.3, -0.25) is 9.71 Å². The van der Waals surface area contributed by atoms with Crippen molar-refractivity contribution in [3.8, 4) is 0 Å². The number of nitrogens with zero attached hydrogens (tertiary/aromatic N) is 1. The van der Waals surface area contributed by atoms with Gasteiger partial charge in [-0.25, -0.2) is 12.8 Å². The summed E-state index contributed by atoms with van der Waals surface area (Å²) in [5, 5.41) is 0. The lowest BCUT2D eigenvalue weighted by atomic mass is 10.2. The van der Waals surface area contributed by atoms with E-state index >= 15 is 0 Å². The van der Waals surface area contributed by atoms with E-state index in [2.05, 4.69) is 9.71 Å². The Hall–Kier alpha value is -2.06. The second-order valence-electron chi connectivity index (χ2n) is 3.85. The summed E-state index contributed by atoms with van der Waals surface area (Å²) in [6.07, 6.45) is 2.61. The van der Waals surface area contributed by atoms with E-state index in [4.69, 9.17) is 18.0 Å². The number of pyridine rings is 1. The molecule has 2 aromatic rings. The normalized spacial score (nSPS) is 11.1. The van der Waals surface area contributed by atoms with Crippen molar-refractivity contribution in [2.45, 2.75) is 4.90 Å². The third-order valence-electron chi connectivity index (χ3n) is 2.44. The van der Waals surface area contributed by atoms with E-state index < -0.39 is 15.8 Å². The standard InChI is InChI=1S/C12H10FN3O2S2/c13-10-6-8(12(14)19)3-4-11(10)16-20(17,18)9-2-1-5-15-7-9/h1-7,16H,(H2,14,19). The molecule has 0 spiro atoms. The Morgan fingerprint density at radius 2 is 2.10 bits per heavy atom. The van der Waals surface area contributed by atoms with Crippen molar-refractivity contribution in [2.75, 3.05) is 4.72 Å². The number of aromatic nitrogens is 1. The average Bonchev–Trinajstić information content (AvgIpc) is 2.41. The molecule has 0 radical (unpaired) electrons. The van der Waals surface area contributed by atoms with Crippen LogP contribution in [0.25, 0.3) is 0 Å². The van der Waals surface area contributed by atoms with Crippen LogP contribution in [0.2, 0.25) is 0 Å². The monoisotopic (exact) mass is 311 g/mol. The highest BCUT2D eigenvalue weighted by Crippen LogP contribution is 2.19. The summed E-state index contributed by atoms with van der Waals surface area (Å²) in [5.74, 6) is -0.761. The first kappa shape index (κ1) is 14.4. The van der Waals surface area contributed by atoms with E-state index in [1.807, 2.05) is 0 Å². The van der Waals surface area contributed by atoms with Gasteiger partial charge >= 0.3 is 0 Å². The molecule has 104 valence electrons. The SMILES string of the molecule is NC(=S)c1ccc(NS(=O)(=O)c2cccnc2)c(F)c1. The molecule has 1 aromatic heterocycles. The number of nitrogens with two attached hydrogens (primary N) is 1. The van der Waals surface area contributed by atoms with Crippen molar-refractivity contribution < 1.29 is 12.8 Å². The number of hydrogen-bond donors (Lipinski definition) is 2. The van der Waals surface area contributed by atoms with Gasteiger partial charge in [-0.15, -0.1) is 0 Å². The molecule has 0 saturated carbocycles. The van der Waals surface area contributed by atoms with Crippen LogP contribution in [-0.2, 0) is 10.0 Å². The zero-order valence-corrected chi connectivity index (χ0v) is 11.7. The summed E-state index contributed by atoms with van der Waals surface area (Å²) in [5.41, 5.74) is 5.50. The predicted molar refractivity (Wildman–Crippen MR) is 77.3 cm³/mol. The minimum absolute atomic E-state index is 0.0329. The summed E-state index contributed by atoms with van der Waals surface area (Å²) in [7, 11) is -3.89. The van der Waals surface area contributed by atoms with Crippen molar-refractivity contribution in [3.05, 3.63) is 54.1 Å². The quantitative estimate of drug-likeness (QED) is 0.839. The molecule has 0 aliphatic heterocycles. The van der Waals surface area contributed by atoms with Gasteiger partial charge in [0.25, 0.3) is 10.0 Å². The number of halogens is 1. The molecule has 0 unspecified atom stereocenters. The number of nitrogens with one attached hydrogen (secondary N) is 1. The summed E-state index contributed by atoms with van der Waals surface area (Å²) in [6.45, 7) is 0. The maximum Gasteiger partial charge on any atom is 0.263 e. The Balaban J connectivity index is 2.33. The second-order valence-corrected chi connectivity index (χ2v) is 5.98. The Kier molecular flexibility index (Phi) is 3.96. The first-order valence-corrected chi connectivity index (χ1v) is 7.31. The Morgan fingerprint density at radius 1 is 1.35 bits per heavy atom. The first-order valence-electron chi connectivity index (χ1n) is 5.42. The van der Waals surface area contributed by atoms with Gasteiger partial charge in [0.2, 0.25) is 0 Å². The topological polar surface area (TPSA) is 85.1 Å². The van der Waals surface area contributed by atoms with Crippen LogP contribution in [0.1, 0.15) is 5.56 Å². The van der Waals surface area contributed by atoms with Crippen LogP contribution in [-0.4, -0.2) is 18.4 Å². The highest BCUT2D eigenvalue weighted by Gasteiger charge is 2.16. The molecule has 0 saturated heterocycles. The van der Waals surface area contributed by atoms with E-state index in [0.29, 0.717) is 5.56 Å². The van der Waals surface area contributed by atoms with Gasteiger partial charge in [0.1, 0.15) is 15.7 Å². The lowest BCUT2D eigenvalue weighted by Gasteiger charge is -2.09. The number of benzene rings is 1.